The lowest BCUT2D eigenvalue weighted by Crippen LogP contribution is -2.46. The number of hydrogen-bond donors (Lipinski definition) is 1. The van der Waals surface area contributed by atoms with Gasteiger partial charge in [0, 0.05) is 48.8 Å². The predicted molar refractivity (Wildman–Crippen MR) is 112 cm³/mol. The van der Waals surface area contributed by atoms with Crippen LogP contribution in [0, 0.1) is 6.92 Å². The van der Waals surface area contributed by atoms with Gasteiger partial charge in [-0.3, -0.25) is 0 Å². The minimum atomic E-state index is 0.581. The molecule has 1 aliphatic heterocycles. The molecule has 3 aromatic rings. The first kappa shape index (κ1) is 17.6. The van der Waals surface area contributed by atoms with Crippen molar-refractivity contribution < 1.29 is 0 Å². The Morgan fingerprint density at radius 1 is 0.926 bits per heavy atom. The zero-order valence-electron chi connectivity index (χ0n) is 15.3. The standard InChI is InChI=1S/C21H22ClN5/c1-16-7-8-17(15-19(16)22)24-21-23-10-9-20(25-21)27-13-11-26(12-14-27)18-5-3-2-4-6-18/h2-10,15H,11-14H2,1H3,(H,23,24,25). The summed E-state index contributed by atoms with van der Waals surface area (Å²) in [5.41, 5.74) is 3.21. The maximum absolute atomic E-state index is 6.20. The van der Waals surface area contributed by atoms with E-state index in [1.54, 1.807) is 6.20 Å². The second kappa shape index (κ2) is 7.84. The van der Waals surface area contributed by atoms with Gasteiger partial charge in [0.25, 0.3) is 0 Å². The number of nitrogens with zero attached hydrogens (tertiary/aromatic N) is 4. The van der Waals surface area contributed by atoms with Crippen LogP contribution in [0.25, 0.3) is 0 Å². The topological polar surface area (TPSA) is 44.3 Å². The number of nitrogens with one attached hydrogen (secondary N) is 1. The Morgan fingerprint density at radius 3 is 2.41 bits per heavy atom. The van der Waals surface area contributed by atoms with Gasteiger partial charge in [-0.2, -0.15) is 4.98 Å². The molecule has 2 heterocycles. The maximum Gasteiger partial charge on any atom is 0.229 e. The summed E-state index contributed by atoms with van der Waals surface area (Å²) in [5, 5.41) is 3.97. The molecule has 0 radical (unpaired) electrons. The number of rotatable bonds is 4. The first-order valence-electron chi connectivity index (χ1n) is 9.10. The van der Waals surface area contributed by atoms with Crippen LogP contribution in [0.4, 0.5) is 23.1 Å². The number of aryl methyl sites for hydroxylation is 1. The first-order valence-corrected chi connectivity index (χ1v) is 9.48. The summed E-state index contributed by atoms with van der Waals surface area (Å²) in [4.78, 5) is 13.7. The van der Waals surface area contributed by atoms with Crippen molar-refractivity contribution in [3.63, 3.8) is 0 Å². The molecule has 0 bridgehead atoms. The van der Waals surface area contributed by atoms with Crippen molar-refractivity contribution in [3.8, 4) is 0 Å². The van der Waals surface area contributed by atoms with E-state index in [2.05, 4.69) is 55.4 Å². The van der Waals surface area contributed by atoms with Crippen molar-refractivity contribution in [3.05, 3.63) is 71.4 Å². The molecule has 5 nitrogen and oxygen atoms in total. The molecule has 1 aromatic heterocycles. The van der Waals surface area contributed by atoms with Crippen LogP contribution in [-0.4, -0.2) is 36.1 Å². The van der Waals surface area contributed by atoms with E-state index in [1.807, 2.05) is 31.2 Å². The van der Waals surface area contributed by atoms with Crippen molar-refractivity contribution in [1.29, 1.82) is 0 Å². The summed E-state index contributed by atoms with van der Waals surface area (Å²) in [7, 11) is 0. The van der Waals surface area contributed by atoms with Gasteiger partial charge in [0.2, 0.25) is 5.95 Å². The third-order valence-electron chi connectivity index (χ3n) is 4.79. The van der Waals surface area contributed by atoms with Crippen LogP contribution in [0.3, 0.4) is 0 Å². The second-order valence-corrected chi connectivity index (χ2v) is 7.04. The van der Waals surface area contributed by atoms with E-state index in [9.17, 15) is 0 Å². The average molecular weight is 380 g/mol. The van der Waals surface area contributed by atoms with Gasteiger partial charge in [-0.05, 0) is 42.8 Å². The van der Waals surface area contributed by atoms with Crippen molar-refractivity contribution in [2.75, 3.05) is 41.3 Å². The first-order chi connectivity index (χ1) is 13.2. The van der Waals surface area contributed by atoms with E-state index < -0.39 is 0 Å². The Labute approximate surface area is 164 Å². The molecule has 0 aliphatic carbocycles. The van der Waals surface area contributed by atoms with Crippen LogP contribution in [-0.2, 0) is 0 Å². The van der Waals surface area contributed by atoms with Gasteiger partial charge in [-0.25, -0.2) is 4.98 Å². The Hall–Kier alpha value is -2.79. The molecule has 4 rings (SSSR count). The molecular weight excluding hydrogens is 358 g/mol. The fourth-order valence-corrected chi connectivity index (χ4v) is 3.40. The van der Waals surface area contributed by atoms with Gasteiger partial charge < -0.3 is 15.1 Å². The van der Waals surface area contributed by atoms with Crippen molar-refractivity contribution >= 4 is 34.7 Å². The lowest BCUT2D eigenvalue weighted by atomic mass is 10.2. The SMILES string of the molecule is Cc1ccc(Nc2nccc(N3CCN(c4ccccc4)CC3)n2)cc1Cl. The summed E-state index contributed by atoms with van der Waals surface area (Å²) in [5.74, 6) is 1.52. The molecular formula is C21H22ClN5. The number of hydrogen-bond acceptors (Lipinski definition) is 5. The number of piperazine rings is 1. The van der Waals surface area contributed by atoms with E-state index >= 15 is 0 Å². The maximum atomic E-state index is 6.20. The Morgan fingerprint density at radius 2 is 1.67 bits per heavy atom. The fraction of sp³-hybridized carbons (Fsp3) is 0.238. The van der Waals surface area contributed by atoms with Crippen molar-refractivity contribution in [2.45, 2.75) is 6.92 Å². The third-order valence-corrected chi connectivity index (χ3v) is 5.20. The summed E-state index contributed by atoms with van der Waals surface area (Å²) in [6.07, 6.45) is 1.80. The largest absolute Gasteiger partial charge is 0.368 e. The summed E-state index contributed by atoms with van der Waals surface area (Å²) in [6.45, 7) is 5.80. The summed E-state index contributed by atoms with van der Waals surface area (Å²) >= 11 is 6.20. The zero-order chi connectivity index (χ0) is 18.6. The van der Waals surface area contributed by atoms with Crippen molar-refractivity contribution in [1.82, 2.24) is 9.97 Å². The molecule has 0 amide bonds. The highest BCUT2D eigenvalue weighted by Gasteiger charge is 2.18. The molecule has 0 unspecified atom stereocenters. The molecule has 0 spiro atoms. The number of anilines is 4. The van der Waals surface area contributed by atoms with Gasteiger partial charge in [0.05, 0.1) is 0 Å². The Bertz CT molecular complexity index is 907. The van der Waals surface area contributed by atoms with Crippen LogP contribution < -0.4 is 15.1 Å². The smallest absolute Gasteiger partial charge is 0.229 e. The minimum Gasteiger partial charge on any atom is -0.368 e. The number of aromatic nitrogens is 2. The lowest BCUT2D eigenvalue weighted by molar-refractivity contribution is 0.647. The fourth-order valence-electron chi connectivity index (χ4n) is 3.22. The van der Waals surface area contributed by atoms with Crippen LogP contribution in [0.15, 0.2) is 60.8 Å². The molecule has 0 atom stereocenters. The van der Waals surface area contributed by atoms with Crippen LogP contribution >= 0.6 is 11.6 Å². The van der Waals surface area contributed by atoms with E-state index in [-0.39, 0.29) is 0 Å². The average Bonchev–Trinajstić information content (AvgIpc) is 2.72. The predicted octanol–water partition coefficient (Wildman–Crippen LogP) is 4.51. The Balaban J connectivity index is 1.43. The lowest BCUT2D eigenvalue weighted by Gasteiger charge is -2.36. The minimum absolute atomic E-state index is 0.581. The highest BCUT2D eigenvalue weighted by atomic mass is 35.5. The van der Waals surface area contributed by atoms with Crippen LogP contribution in [0.5, 0.6) is 0 Å². The molecule has 2 aromatic carbocycles. The van der Waals surface area contributed by atoms with Gasteiger partial charge in [-0.1, -0.05) is 35.9 Å². The third kappa shape index (κ3) is 4.14. The van der Waals surface area contributed by atoms with Crippen LogP contribution in [0.2, 0.25) is 5.02 Å². The van der Waals surface area contributed by atoms with E-state index in [1.165, 1.54) is 5.69 Å². The number of halogens is 1. The molecule has 0 saturated carbocycles. The summed E-state index contributed by atoms with van der Waals surface area (Å²) in [6, 6.07) is 18.4. The van der Waals surface area contributed by atoms with Crippen molar-refractivity contribution in [2.24, 2.45) is 0 Å². The number of para-hydroxylation sites is 1. The molecule has 138 valence electrons. The van der Waals surface area contributed by atoms with Gasteiger partial charge in [0.1, 0.15) is 5.82 Å². The van der Waals surface area contributed by atoms with Gasteiger partial charge in [-0.15, -0.1) is 0 Å². The highest BCUT2D eigenvalue weighted by Crippen LogP contribution is 2.23. The van der Waals surface area contributed by atoms with E-state index in [0.29, 0.717) is 5.95 Å². The van der Waals surface area contributed by atoms with Gasteiger partial charge in [0.15, 0.2) is 0 Å². The molecule has 1 saturated heterocycles. The molecule has 1 aliphatic rings. The van der Waals surface area contributed by atoms with Crippen LogP contribution in [0.1, 0.15) is 5.56 Å². The molecule has 1 N–H and O–H groups in total. The molecule has 1 fully saturated rings. The summed E-state index contributed by atoms with van der Waals surface area (Å²) < 4.78 is 0. The van der Waals surface area contributed by atoms with E-state index in [4.69, 9.17) is 11.6 Å². The van der Waals surface area contributed by atoms with Gasteiger partial charge >= 0.3 is 0 Å². The second-order valence-electron chi connectivity index (χ2n) is 6.64. The monoisotopic (exact) mass is 379 g/mol. The normalized spacial score (nSPS) is 14.3. The van der Waals surface area contributed by atoms with E-state index in [0.717, 1.165) is 48.3 Å². The molecule has 6 heteroatoms. The molecule has 27 heavy (non-hydrogen) atoms. The highest BCUT2D eigenvalue weighted by molar-refractivity contribution is 6.31. The number of benzene rings is 2. The quantitative estimate of drug-likeness (QED) is 0.722. The zero-order valence-corrected chi connectivity index (χ0v) is 16.0. The Kier molecular flexibility index (Phi) is 5.12.